The number of nitrogens with zero attached hydrogens (tertiary/aromatic N) is 5. The summed E-state index contributed by atoms with van der Waals surface area (Å²) in [6.07, 6.45) is 2.82. The van der Waals surface area contributed by atoms with Crippen molar-refractivity contribution in [3.8, 4) is 17.1 Å². The van der Waals surface area contributed by atoms with Gasteiger partial charge in [0, 0.05) is 24.0 Å². The fraction of sp³-hybridized carbons (Fsp3) is 0.143. The van der Waals surface area contributed by atoms with Crippen LogP contribution in [0.15, 0.2) is 42.9 Å². The van der Waals surface area contributed by atoms with E-state index in [1.165, 1.54) is 12.5 Å². The van der Waals surface area contributed by atoms with Gasteiger partial charge in [-0.2, -0.15) is 5.10 Å². The maximum Gasteiger partial charge on any atom is 0.252 e. The number of nitrogens with one attached hydrogen (secondary N) is 3. The van der Waals surface area contributed by atoms with Crippen molar-refractivity contribution in [2.75, 3.05) is 17.7 Å². The van der Waals surface area contributed by atoms with E-state index in [2.05, 4.69) is 40.8 Å². The Bertz CT molecular complexity index is 1250. The second kappa shape index (κ2) is 8.68. The van der Waals surface area contributed by atoms with Crippen LogP contribution in [0, 0.1) is 13.8 Å². The summed E-state index contributed by atoms with van der Waals surface area (Å²) in [6.45, 7) is 3.69. The highest BCUT2D eigenvalue weighted by molar-refractivity contribution is 5.99. The molecule has 11 nitrogen and oxygen atoms in total. The molecule has 0 aliphatic carbocycles. The van der Waals surface area contributed by atoms with Gasteiger partial charge in [0.25, 0.3) is 5.91 Å². The Morgan fingerprint density at radius 3 is 2.59 bits per heavy atom. The molecule has 1 aromatic carbocycles. The number of anilines is 4. The lowest BCUT2D eigenvalue weighted by Gasteiger charge is -2.16. The number of hydrogen-bond acceptors (Lipinski definition) is 9. The average Bonchev–Trinajstić information content (AvgIpc) is 3.27. The number of rotatable bonds is 7. The van der Waals surface area contributed by atoms with E-state index >= 15 is 0 Å². The second-order valence-corrected chi connectivity index (χ2v) is 6.89. The van der Waals surface area contributed by atoms with E-state index in [0.29, 0.717) is 46.0 Å². The molecule has 0 fully saturated rings. The van der Waals surface area contributed by atoms with Crippen LogP contribution in [0.2, 0.25) is 0 Å². The first-order chi connectivity index (χ1) is 15.4. The van der Waals surface area contributed by atoms with E-state index in [1.807, 2.05) is 32.0 Å². The zero-order chi connectivity index (χ0) is 22.7. The molecule has 11 heteroatoms. The minimum Gasteiger partial charge on any atom is -0.494 e. The van der Waals surface area contributed by atoms with Crippen LogP contribution in [0.4, 0.5) is 23.0 Å². The van der Waals surface area contributed by atoms with E-state index in [1.54, 1.807) is 19.2 Å². The Labute approximate surface area is 183 Å². The third kappa shape index (κ3) is 4.31. The smallest absolute Gasteiger partial charge is 0.252 e. The third-order valence-electron chi connectivity index (χ3n) is 4.55. The number of ether oxygens (including phenoxy) is 1. The number of pyridine rings is 1. The Morgan fingerprint density at radius 2 is 1.91 bits per heavy atom. The number of nitrogens with two attached hydrogens (primary N) is 1. The number of hydrogen-bond donors (Lipinski definition) is 4. The molecule has 0 saturated heterocycles. The van der Waals surface area contributed by atoms with Crippen LogP contribution >= 0.6 is 0 Å². The van der Waals surface area contributed by atoms with Crippen LogP contribution in [0.25, 0.3) is 11.4 Å². The molecule has 0 aliphatic heterocycles. The van der Waals surface area contributed by atoms with E-state index in [4.69, 9.17) is 10.5 Å². The van der Waals surface area contributed by atoms with Gasteiger partial charge in [0.2, 0.25) is 0 Å². The van der Waals surface area contributed by atoms with Crippen LogP contribution in [0.1, 0.15) is 21.9 Å². The molecule has 4 rings (SSSR count). The molecule has 0 aliphatic rings. The highest BCUT2D eigenvalue weighted by Crippen LogP contribution is 2.37. The molecule has 3 aromatic heterocycles. The molecule has 162 valence electrons. The predicted octanol–water partition coefficient (Wildman–Crippen LogP) is 2.87. The van der Waals surface area contributed by atoms with E-state index in [9.17, 15) is 4.79 Å². The largest absolute Gasteiger partial charge is 0.494 e. The van der Waals surface area contributed by atoms with Crippen molar-refractivity contribution in [1.82, 2.24) is 30.1 Å². The summed E-state index contributed by atoms with van der Waals surface area (Å²) in [7, 11) is 1.55. The minimum absolute atomic E-state index is 0.220. The van der Waals surface area contributed by atoms with Gasteiger partial charge in [-0.25, -0.2) is 19.9 Å². The van der Waals surface area contributed by atoms with Crippen molar-refractivity contribution in [2.45, 2.75) is 13.8 Å². The Balaban J connectivity index is 1.72. The van der Waals surface area contributed by atoms with Crippen molar-refractivity contribution in [3.63, 3.8) is 0 Å². The Kier molecular flexibility index (Phi) is 5.62. The summed E-state index contributed by atoms with van der Waals surface area (Å²) >= 11 is 0. The zero-order valence-electron chi connectivity index (χ0n) is 17.7. The highest BCUT2D eigenvalue weighted by Gasteiger charge is 2.17. The lowest BCUT2D eigenvalue weighted by Crippen LogP contribution is -2.14. The quantitative estimate of drug-likeness (QED) is 0.345. The summed E-state index contributed by atoms with van der Waals surface area (Å²) in [5.74, 6) is 2.14. The molecule has 0 saturated carbocycles. The number of carbonyl (C=O) groups excluding carboxylic acids is 1. The molecule has 0 unspecified atom stereocenters. The number of amides is 1. The summed E-state index contributed by atoms with van der Waals surface area (Å²) in [6, 6.07) is 8.97. The van der Waals surface area contributed by atoms with Gasteiger partial charge in [0.15, 0.2) is 11.6 Å². The van der Waals surface area contributed by atoms with Crippen LogP contribution in [-0.2, 0) is 0 Å². The number of carbonyl (C=O) groups is 1. The Hall–Kier alpha value is -4.54. The van der Waals surface area contributed by atoms with Gasteiger partial charge in [0.1, 0.15) is 23.8 Å². The van der Waals surface area contributed by atoms with E-state index in [0.717, 1.165) is 5.69 Å². The number of benzene rings is 1. The summed E-state index contributed by atoms with van der Waals surface area (Å²) in [5, 5.41) is 13.1. The van der Waals surface area contributed by atoms with Gasteiger partial charge in [-0.1, -0.05) is 6.07 Å². The molecule has 0 bridgehead atoms. The molecule has 3 heterocycles. The van der Waals surface area contributed by atoms with Gasteiger partial charge in [0.05, 0.1) is 29.6 Å². The van der Waals surface area contributed by atoms with Gasteiger partial charge >= 0.3 is 0 Å². The molecular formula is C21H21N9O2. The molecule has 0 spiro atoms. The molecular weight excluding hydrogens is 410 g/mol. The number of H-pyrrole nitrogens is 1. The maximum atomic E-state index is 12.0. The van der Waals surface area contributed by atoms with Crippen molar-refractivity contribution in [2.24, 2.45) is 5.73 Å². The number of aromatic nitrogens is 6. The fourth-order valence-electron chi connectivity index (χ4n) is 3.26. The molecule has 32 heavy (non-hydrogen) atoms. The van der Waals surface area contributed by atoms with Crippen LogP contribution < -0.4 is 21.1 Å². The molecule has 0 radical (unpaired) electrons. The molecule has 4 aromatic rings. The third-order valence-corrected chi connectivity index (χ3v) is 4.55. The van der Waals surface area contributed by atoms with Crippen LogP contribution in [-0.4, -0.2) is 43.2 Å². The van der Waals surface area contributed by atoms with Crippen molar-refractivity contribution >= 4 is 28.9 Å². The lowest BCUT2D eigenvalue weighted by atomic mass is 10.1. The SMILES string of the molecule is COc1c(Nc2cc(Nc3cc(C)nc(C)n3)ncc2C(N)=O)cccc1-c1ncn[nH]1. The van der Waals surface area contributed by atoms with Gasteiger partial charge in [-0.15, -0.1) is 0 Å². The minimum atomic E-state index is -0.620. The number of aromatic amines is 1. The van der Waals surface area contributed by atoms with Crippen molar-refractivity contribution in [3.05, 3.63) is 59.9 Å². The van der Waals surface area contributed by atoms with E-state index < -0.39 is 5.91 Å². The summed E-state index contributed by atoms with van der Waals surface area (Å²) in [5.41, 5.74) is 8.37. The molecule has 1 amide bonds. The van der Waals surface area contributed by atoms with Crippen molar-refractivity contribution < 1.29 is 9.53 Å². The van der Waals surface area contributed by atoms with Crippen LogP contribution in [0.3, 0.4) is 0 Å². The predicted molar refractivity (Wildman–Crippen MR) is 119 cm³/mol. The van der Waals surface area contributed by atoms with Gasteiger partial charge in [-0.3, -0.25) is 9.89 Å². The standard InChI is InChI=1S/C21H21N9O2/c1-11-7-18(27-12(2)26-11)29-17-8-16(14(9-23-17)20(22)31)28-15-6-4-5-13(19(15)32-3)21-24-10-25-30-21/h4-10H,1-3H3,(H2,22,31)(H,24,25,30)(H2,23,26,27,28,29). The number of para-hydroxylation sites is 1. The lowest BCUT2D eigenvalue weighted by molar-refractivity contribution is 0.100. The number of primary amides is 1. The first-order valence-corrected chi connectivity index (χ1v) is 9.63. The summed E-state index contributed by atoms with van der Waals surface area (Å²) in [4.78, 5) is 29.1. The normalized spacial score (nSPS) is 10.6. The number of aryl methyl sites for hydroxylation is 2. The monoisotopic (exact) mass is 431 g/mol. The van der Waals surface area contributed by atoms with Crippen LogP contribution in [0.5, 0.6) is 5.75 Å². The molecule has 0 atom stereocenters. The first-order valence-electron chi connectivity index (χ1n) is 9.63. The first kappa shape index (κ1) is 20.7. The van der Waals surface area contributed by atoms with Crippen molar-refractivity contribution in [1.29, 1.82) is 0 Å². The topological polar surface area (TPSA) is 157 Å². The fourth-order valence-corrected chi connectivity index (χ4v) is 3.26. The highest BCUT2D eigenvalue weighted by atomic mass is 16.5. The molecule has 5 N–H and O–H groups in total. The average molecular weight is 431 g/mol. The second-order valence-electron chi connectivity index (χ2n) is 6.89. The zero-order valence-corrected chi connectivity index (χ0v) is 17.7. The maximum absolute atomic E-state index is 12.0. The van der Waals surface area contributed by atoms with Gasteiger partial charge in [-0.05, 0) is 26.0 Å². The number of methoxy groups -OCH3 is 1. The van der Waals surface area contributed by atoms with Gasteiger partial charge < -0.3 is 21.1 Å². The summed E-state index contributed by atoms with van der Waals surface area (Å²) < 4.78 is 5.61. The van der Waals surface area contributed by atoms with E-state index in [-0.39, 0.29) is 5.56 Å². The Morgan fingerprint density at radius 1 is 1.06 bits per heavy atom.